The molecule has 0 aliphatic carbocycles. The van der Waals surface area contributed by atoms with Gasteiger partial charge in [0.05, 0.1) is 0 Å². The van der Waals surface area contributed by atoms with Gasteiger partial charge in [-0.1, -0.05) is 37.1 Å². The molecule has 3 rings (SSSR count). The first-order valence-corrected chi connectivity index (χ1v) is 10.5. The molecule has 1 saturated heterocycles. The van der Waals surface area contributed by atoms with Crippen molar-refractivity contribution in [2.24, 2.45) is 0 Å². The number of piperidine rings is 1. The molecule has 1 aliphatic heterocycles. The third kappa shape index (κ3) is 6.23. The lowest BCUT2D eigenvalue weighted by atomic mass is 10.0. The van der Waals surface area contributed by atoms with Crippen molar-refractivity contribution in [3.63, 3.8) is 0 Å². The number of hydrogen-bond acceptors (Lipinski definition) is 3. The van der Waals surface area contributed by atoms with Crippen LogP contribution in [0.25, 0.3) is 0 Å². The maximum atomic E-state index is 12.5. The molecule has 0 bridgehead atoms. The first kappa shape index (κ1) is 21.2. The van der Waals surface area contributed by atoms with E-state index in [1.165, 1.54) is 5.56 Å². The topological polar surface area (TPSA) is 58.6 Å². The van der Waals surface area contributed by atoms with Gasteiger partial charge in [-0.3, -0.25) is 9.59 Å². The van der Waals surface area contributed by atoms with Crippen molar-refractivity contribution in [2.45, 2.75) is 38.6 Å². The maximum Gasteiger partial charge on any atom is 0.258 e. The van der Waals surface area contributed by atoms with Crippen LogP contribution in [0.15, 0.2) is 48.5 Å². The molecule has 5 nitrogen and oxygen atoms in total. The Hall–Kier alpha value is -2.53. The summed E-state index contributed by atoms with van der Waals surface area (Å²) in [5.41, 5.74) is 1.90. The Balaban J connectivity index is 1.40. The van der Waals surface area contributed by atoms with Gasteiger partial charge in [0.25, 0.3) is 11.8 Å². The number of nitrogens with zero attached hydrogens (tertiary/aromatic N) is 1. The molecule has 154 valence electrons. The Morgan fingerprint density at radius 3 is 2.34 bits per heavy atom. The van der Waals surface area contributed by atoms with E-state index in [1.54, 1.807) is 24.3 Å². The van der Waals surface area contributed by atoms with Gasteiger partial charge < -0.3 is 15.0 Å². The lowest BCUT2D eigenvalue weighted by molar-refractivity contribution is -0.124. The largest absolute Gasteiger partial charge is 0.484 e. The highest BCUT2D eigenvalue weighted by molar-refractivity contribution is 6.30. The lowest BCUT2D eigenvalue weighted by Crippen LogP contribution is -2.47. The average molecular weight is 415 g/mol. The van der Waals surface area contributed by atoms with Gasteiger partial charge >= 0.3 is 0 Å². The molecule has 0 radical (unpaired) electrons. The first-order valence-electron chi connectivity index (χ1n) is 10.1. The molecule has 2 aromatic carbocycles. The average Bonchev–Trinajstić information content (AvgIpc) is 2.74. The van der Waals surface area contributed by atoms with E-state index in [-0.39, 0.29) is 24.5 Å². The monoisotopic (exact) mass is 414 g/mol. The Bertz CT molecular complexity index is 813. The summed E-state index contributed by atoms with van der Waals surface area (Å²) >= 11 is 5.88. The van der Waals surface area contributed by atoms with Gasteiger partial charge in [0.1, 0.15) is 5.75 Å². The number of ether oxygens (including phenoxy) is 1. The lowest BCUT2D eigenvalue weighted by Gasteiger charge is -2.32. The predicted molar refractivity (Wildman–Crippen MR) is 114 cm³/mol. The second kappa shape index (κ2) is 10.3. The predicted octanol–water partition coefficient (Wildman–Crippen LogP) is 4.09. The Labute approximate surface area is 177 Å². The first-order chi connectivity index (χ1) is 14.0. The van der Waals surface area contributed by atoms with Gasteiger partial charge in [-0.15, -0.1) is 0 Å². The third-order valence-electron chi connectivity index (χ3n) is 5.07. The van der Waals surface area contributed by atoms with Gasteiger partial charge in [0, 0.05) is 29.7 Å². The number of carbonyl (C=O) groups is 2. The fourth-order valence-electron chi connectivity index (χ4n) is 3.46. The standard InChI is InChI=1S/C23H27ClN2O3/c1-2-3-17-4-10-21(11-5-17)29-16-22(27)25-20-12-14-26(15-13-20)23(28)18-6-8-19(24)9-7-18/h4-11,20H,2-3,12-16H2,1H3,(H,25,27). The van der Waals surface area contributed by atoms with Crippen molar-refractivity contribution in [3.8, 4) is 5.75 Å². The van der Waals surface area contributed by atoms with Crippen LogP contribution in [0.1, 0.15) is 42.1 Å². The van der Waals surface area contributed by atoms with Crippen molar-refractivity contribution in [1.29, 1.82) is 0 Å². The van der Waals surface area contributed by atoms with E-state index in [2.05, 4.69) is 12.2 Å². The van der Waals surface area contributed by atoms with Crippen LogP contribution >= 0.6 is 11.6 Å². The number of carbonyl (C=O) groups excluding carboxylic acids is 2. The van der Waals surface area contributed by atoms with Gasteiger partial charge in [-0.25, -0.2) is 0 Å². The SMILES string of the molecule is CCCc1ccc(OCC(=O)NC2CCN(C(=O)c3ccc(Cl)cc3)CC2)cc1. The van der Waals surface area contributed by atoms with E-state index in [9.17, 15) is 9.59 Å². The molecule has 1 aliphatic rings. The molecule has 6 heteroatoms. The summed E-state index contributed by atoms with van der Waals surface area (Å²) in [6.45, 7) is 3.38. The van der Waals surface area contributed by atoms with E-state index in [1.807, 2.05) is 29.2 Å². The van der Waals surface area contributed by atoms with Crippen molar-refractivity contribution < 1.29 is 14.3 Å². The summed E-state index contributed by atoms with van der Waals surface area (Å²) in [4.78, 5) is 26.6. The Kier molecular flexibility index (Phi) is 7.53. The molecule has 2 aromatic rings. The minimum Gasteiger partial charge on any atom is -0.484 e. The summed E-state index contributed by atoms with van der Waals surface area (Å²) in [6.07, 6.45) is 3.61. The highest BCUT2D eigenvalue weighted by Gasteiger charge is 2.24. The highest BCUT2D eigenvalue weighted by atomic mass is 35.5. The van der Waals surface area contributed by atoms with E-state index < -0.39 is 0 Å². The fourth-order valence-corrected chi connectivity index (χ4v) is 3.59. The van der Waals surface area contributed by atoms with E-state index >= 15 is 0 Å². The second-order valence-electron chi connectivity index (χ2n) is 7.32. The number of amides is 2. The summed E-state index contributed by atoms with van der Waals surface area (Å²) in [5.74, 6) is 0.565. The third-order valence-corrected chi connectivity index (χ3v) is 5.32. The van der Waals surface area contributed by atoms with Crippen LogP contribution in [-0.4, -0.2) is 42.5 Å². The van der Waals surface area contributed by atoms with Crippen LogP contribution in [0.5, 0.6) is 5.75 Å². The molecule has 0 aromatic heterocycles. The molecule has 0 spiro atoms. The zero-order valence-electron chi connectivity index (χ0n) is 16.7. The summed E-state index contributed by atoms with van der Waals surface area (Å²) in [5, 5.41) is 3.62. The minimum absolute atomic E-state index is 0.00120. The van der Waals surface area contributed by atoms with Crippen molar-refractivity contribution >= 4 is 23.4 Å². The highest BCUT2D eigenvalue weighted by Crippen LogP contribution is 2.17. The molecule has 0 saturated carbocycles. The van der Waals surface area contributed by atoms with Crippen LogP contribution in [0.3, 0.4) is 0 Å². The van der Waals surface area contributed by atoms with Gasteiger partial charge in [-0.2, -0.15) is 0 Å². The van der Waals surface area contributed by atoms with Crippen LogP contribution < -0.4 is 10.1 Å². The number of hydrogen-bond donors (Lipinski definition) is 1. The van der Waals surface area contributed by atoms with E-state index in [0.29, 0.717) is 29.4 Å². The van der Waals surface area contributed by atoms with Gasteiger partial charge in [0.15, 0.2) is 6.61 Å². The molecule has 1 fully saturated rings. The normalized spacial score (nSPS) is 14.5. The van der Waals surface area contributed by atoms with Crippen LogP contribution in [0.4, 0.5) is 0 Å². The minimum atomic E-state index is -0.134. The van der Waals surface area contributed by atoms with Crippen molar-refractivity contribution in [1.82, 2.24) is 10.2 Å². The number of nitrogens with one attached hydrogen (secondary N) is 1. The van der Waals surface area contributed by atoms with E-state index in [0.717, 1.165) is 25.7 Å². The fraction of sp³-hybridized carbons (Fsp3) is 0.391. The maximum absolute atomic E-state index is 12.5. The summed E-state index contributed by atoms with van der Waals surface area (Å²) < 4.78 is 5.58. The summed E-state index contributed by atoms with van der Waals surface area (Å²) in [6, 6.07) is 14.9. The molecule has 1 N–H and O–H groups in total. The molecule has 1 heterocycles. The Morgan fingerprint density at radius 2 is 1.72 bits per heavy atom. The zero-order chi connectivity index (χ0) is 20.6. The van der Waals surface area contributed by atoms with Crippen molar-refractivity contribution in [3.05, 3.63) is 64.7 Å². The molecule has 29 heavy (non-hydrogen) atoms. The molecule has 0 unspecified atom stereocenters. The molecule has 0 atom stereocenters. The molecular formula is C23H27ClN2O3. The Morgan fingerprint density at radius 1 is 1.07 bits per heavy atom. The molecular weight excluding hydrogens is 388 g/mol. The van der Waals surface area contributed by atoms with Crippen LogP contribution in [0, 0.1) is 0 Å². The second-order valence-corrected chi connectivity index (χ2v) is 7.76. The zero-order valence-corrected chi connectivity index (χ0v) is 17.5. The van der Waals surface area contributed by atoms with Crippen LogP contribution in [-0.2, 0) is 11.2 Å². The number of likely N-dealkylation sites (tertiary alicyclic amines) is 1. The van der Waals surface area contributed by atoms with Gasteiger partial charge in [0.2, 0.25) is 0 Å². The number of benzene rings is 2. The summed E-state index contributed by atoms with van der Waals surface area (Å²) in [7, 11) is 0. The van der Waals surface area contributed by atoms with Crippen molar-refractivity contribution in [2.75, 3.05) is 19.7 Å². The smallest absolute Gasteiger partial charge is 0.258 e. The number of aryl methyl sites for hydroxylation is 1. The molecule has 2 amide bonds. The number of halogens is 1. The van der Waals surface area contributed by atoms with Crippen LogP contribution in [0.2, 0.25) is 5.02 Å². The van der Waals surface area contributed by atoms with E-state index in [4.69, 9.17) is 16.3 Å². The number of rotatable bonds is 7. The van der Waals surface area contributed by atoms with Gasteiger partial charge in [-0.05, 0) is 61.2 Å². The quantitative estimate of drug-likeness (QED) is 0.742.